The van der Waals surface area contributed by atoms with Crippen LogP contribution >= 0.6 is 0 Å². The largest absolute Gasteiger partial charge is 0.465 e. The summed E-state index contributed by atoms with van der Waals surface area (Å²) in [6, 6.07) is 18.9. The minimum Gasteiger partial charge on any atom is -0.465 e. The van der Waals surface area contributed by atoms with Gasteiger partial charge in [0.25, 0.3) is 0 Å². The summed E-state index contributed by atoms with van der Waals surface area (Å²) in [5.41, 5.74) is 3.67. The van der Waals surface area contributed by atoms with E-state index in [0.29, 0.717) is 13.1 Å². The Hall–Kier alpha value is -2.33. The highest BCUT2D eigenvalue weighted by Gasteiger charge is 2.25. The van der Waals surface area contributed by atoms with Crippen molar-refractivity contribution in [3.05, 3.63) is 60.2 Å². The minimum atomic E-state index is -0.825. The quantitative estimate of drug-likeness (QED) is 0.911. The molecule has 0 aliphatic carbocycles. The molecule has 114 valence electrons. The Morgan fingerprint density at radius 3 is 2.59 bits per heavy atom. The summed E-state index contributed by atoms with van der Waals surface area (Å²) in [4.78, 5) is 12.4. The lowest BCUT2D eigenvalue weighted by Gasteiger charge is -2.16. The van der Waals surface area contributed by atoms with Crippen molar-refractivity contribution in [2.24, 2.45) is 0 Å². The lowest BCUT2D eigenvalue weighted by atomic mass is 9.99. The number of rotatable bonds is 4. The Bertz CT molecular complexity index is 643. The molecular weight excluding hydrogens is 276 g/mol. The Morgan fingerprint density at radius 2 is 1.86 bits per heavy atom. The normalized spacial score (nSPS) is 17.6. The molecule has 0 saturated carbocycles. The molecule has 22 heavy (non-hydrogen) atoms. The van der Waals surface area contributed by atoms with E-state index in [-0.39, 0.29) is 6.04 Å². The fraction of sp³-hybridized carbons (Fsp3) is 0.278. The van der Waals surface area contributed by atoms with Crippen molar-refractivity contribution in [2.75, 3.05) is 13.1 Å². The van der Waals surface area contributed by atoms with E-state index in [0.717, 1.165) is 13.0 Å². The Kier molecular flexibility index (Phi) is 4.39. The standard InChI is InChI=1S/C18H20N2O2/c21-18(22)20-11-10-16(13-20)19-12-15-8-4-5-9-17(15)14-6-2-1-3-7-14/h1-9,16,19H,10-13H2,(H,21,22)/t16-/m0/s1. The van der Waals surface area contributed by atoms with Gasteiger partial charge in [-0.15, -0.1) is 0 Å². The number of carboxylic acid groups (broad SMARTS) is 1. The maximum atomic E-state index is 11.0. The van der Waals surface area contributed by atoms with Crippen LogP contribution in [0.3, 0.4) is 0 Å². The molecule has 1 atom stereocenters. The number of carbonyl (C=O) groups is 1. The van der Waals surface area contributed by atoms with Crippen molar-refractivity contribution < 1.29 is 9.90 Å². The number of amides is 1. The molecule has 1 aliphatic heterocycles. The monoisotopic (exact) mass is 296 g/mol. The summed E-state index contributed by atoms with van der Waals surface area (Å²) in [5, 5.41) is 12.5. The number of likely N-dealkylation sites (tertiary alicyclic amines) is 1. The lowest BCUT2D eigenvalue weighted by Crippen LogP contribution is -2.34. The third-order valence-electron chi connectivity index (χ3n) is 4.14. The number of benzene rings is 2. The molecule has 4 heteroatoms. The van der Waals surface area contributed by atoms with Crippen molar-refractivity contribution in [1.29, 1.82) is 0 Å². The van der Waals surface area contributed by atoms with Gasteiger partial charge in [-0.3, -0.25) is 0 Å². The van der Waals surface area contributed by atoms with Gasteiger partial charge in [0.15, 0.2) is 0 Å². The van der Waals surface area contributed by atoms with E-state index < -0.39 is 6.09 Å². The van der Waals surface area contributed by atoms with Gasteiger partial charge in [0.2, 0.25) is 0 Å². The van der Waals surface area contributed by atoms with Crippen LogP contribution in [-0.2, 0) is 6.54 Å². The first-order valence-corrected chi connectivity index (χ1v) is 7.58. The summed E-state index contributed by atoms with van der Waals surface area (Å²) in [7, 11) is 0. The molecule has 0 aromatic heterocycles. The first-order valence-electron chi connectivity index (χ1n) is 7.58. The van der Waals surface area contributed by atoms with E-state index >= 15 is 0 Å². The second-order valence-electron chi connectivity index (χ2n) is 5.62. The third-order valence-corrected chi connectivity index (χ3v) is 4.14. The zero-order chi connectivity index (χ0) is 15.4. The molecule has 3 rings (SSSR count). The van der Waals surface area contributed by atoms with Gasteiger partial charge in [-0.05, 0) is 23.1 Å². The number of nitrogens with zero attached hydrogens (tertiary/aromatic N) is 1. The smallest absolute Gasteiger partial charge is 0.407 e. The van der Waals surface area contributed by atoms with Gasteiger partial charge in [0.1, 0.15) is 0 Å². The summed E-state index contributed by atoms with van der Waals surface area (Å²) in [6.07, 6.45) is 0.0498. The Morgan fingerprint density at radius 1 is 1.14 bits per heavy atom. The second kappa shape index (κ2) is 6.62. The SMILES string of the molecule is O=C(O)N1CC[C@H](NCc2ccccc2-c2ccccc2)C1. The van der Waals surface area contributed by atoms with Crippen LogP contribution in [0.25, 0.3) is 11.1 Å². The highest BCUT2D eigenvalue weighted by molar-refractivity contribution is 5.67. The molecule has 1 heterocycles. The molecule has 0 bridgehead atoms. The zero-order valence-corrected chi connectivity index (χ0v) is 12.4. The van der Waals surface area contributed by atoms with Gasteiger partial charge in [-0.25, -0.2) is 4.79 Å². The molecule has 0 radical (unpaired) electrons. The second-order valence-corrected chi connectivity index (χ2v) is 5.62. The van der Waals surface area contributed by atoms with Crippen LogP contribution in [-0.4, -0.2) is 35.2 Å². The minimum absolute atomic E-state index is 0.236. The van der Waals surface area contributed by atoms with Crippen LogP contribution in [0.1, 0.15) is 12.0 Å². The molecule has 1 amide bonds. The summed E-state index contributed by atoms with van der Waals surface area (Å²) < 4.78 is 0. The van der Waals surface area contributed by atoms with Crippen molar-refractivity contribution in [3.8, 4) is 11.1 Å². The maximum Gasteiger partial charge on any atom is 0.407 e. The zero-order valence-electron chi connectivity index (χ0n) is 12.4. The van der Waals surface area contributed by atoms with E-state index in [1.807, 2.05) is 30.3 Å². The Balaban J connectivity index is 1.68. The van der Waals surface area contributed by atoms with Gasteiger partial charge in [-0.2, -0.15) is 0 Å². The number of hydrogen-bond acceptors (Lipinski definition) is 2. The highest BCUT2D eigenvalue weighted by atomic mass is 16.4. The first-order chi connectivity index (χ1) is 10.7. The van der Waals surface area contributed by atoms with Gasteiger partial charge < -0.3 is 15.3 Å². The van der Waals surface area contributed by atoms with Crippen molar-refractivity contribution in [1.82, 2.24) is 10.2 Å². The fourth-order valence-corrected chi connectivity index (χ4v) is 2.93. The lowest BCUT2D eigenvalue weighted by molar-refractivity contribution is 0.154. The van der Waals surface area contributed by atoms with E-state index in [9.17, 15) is 4.79 Å². The predicted molar refractivity (Wildman–Crippen MR) is 86.7 cm³/mol. The van der Waals surface area contributed by atoms with E-state index in [1.54, 1.807) is 0 Å². The molecule has 2 aromatic rings. The molecule has 2 N–H and O–H groups in total. The van der Waals surface area contributed by atoms with Crippen LogP contribution in [0.15, 0.2) is 54.6 Å². The maximum absolute atomic E-state index is 11.0. The topological polar surface area (TPSA) is 52.6 Å². The molecule has 1 fully saturated rings. The predicted octanol–water partition coefficient (Wildman–Crippen LogP) is 3.20. The molecule has 4 nitrogen and oxygen atoms in total. The number of hydrogen-bond donors (Lipinski definition) is 2. The van der Waals surface area contributed by atoms with Crippen LogP contribution in [0.5, 0.6) is 0 Å². The van der Waals surface area contributed by atoms with Crippen LogP contribution < -0.4 is 5.32 Å². The van der Waals surface area contributed by atoms with E-state index in [4.69, 9.17) is 5.11 Å². The fourth-order valence-electron chi connectivity index (χ4n) is 2.93. The molecule has 1 aliphatic rings. The average molecular weight is 296 g/mol. The van der Waals surface area contributed by atoms with E-state index in [2.05, 4.69) is 29.6 Å². The summed E-state index contributed by atoms with van der Waals surface area (Å²) in [6.45, 7) is 1.94. The van der Waals surface area contributed by atoms with Crippen LogP contribution in [0.4, 0.5) is 4.79 Å². The third kappa shape index (κ3) is 3.28. The molecule has 2 aromatic carbocycles. The molecule has 0 spiro atoms. The number of nitrogens with one attached hydrogen (secondary N) is 1. The van der Waals surface area contributed by atoms with Crippen LogP contribution in [0.2, 0.25) is 0 Å². The van der Waals surface area contributed by atoms with Crippen LogP contribution in [0, 0.1) is 0 Å². The van der Waals surface area contributed by atoms with Crippen molar-refractivity contribution in [3.63, 3.8) is 0 Å². The highest BCUT2D eigenvalue weighted by Crippen LogP contribution is 2.23. The average Bonchev–Trinajstić information content (AvgIpc) is 3.03. The molecule has 0 unspecified atom stereocenters. The van der Waals surface area contributed by atoms with Crippen molar-refractivity contribution in [2.45, 2.75) is 19.0 Å². The van der Waals surface area contributed by atoms with Gasteiger partial charge in [0.05, 0.1) is 0 Å². The summed E-state index contributed by atoms with van der Waals surface area (Å²) in [5.74, 6) is 0. The van der Waals surface area contributed by atoms with Gasteiger partial charge >= 0.3 is 6.09 Å². The summed E-state index contributed by atoms with van der Waals surface area (Å²) >= 11 is 0. The first kappa shape index (κ1) is 14.6. The van der Waals surface area contributed by atoms with E-state index in [1.165, 1.54) is 21.6 Å². The van der Waals surface area contributed by atoms with Gasteiger partial charge in [0, 0.05) is 25.7 Å². The Labute approximate surface area is 130 Å². The van der Waals surface area contributed by atoms with Gasteiger partial charge in [-0.1, -0.05) is 54.6 Å². The molecule has 1 saturated heterocycles. The molecular formula is C18H20N2O2. The van der Waals surface area contributed by atoms with Crippen molar-refractivity contribution >= 4 is 6.09 Å².